The van der Waals surface area contributed by atoms with Gasteiger partial charge in [-0.15, -0.1) is 0 Å². The van der Waals surface area contributed by atoms with Crippen LogP contribution in [0.15, 0.2) is 12.1 Å². The highest BCUT2D eigenvalue weighted by Gasteiger charge is 2.20. The molecular formula is C11H15N3O3. The standard InChI is InChI=1S/C11H15N3O3/c12-10-5-4-9(14(15)16)11(13-10)17-7-6-8-2-1-3-8/h4-5,8H,1-3,6-7H2,(H2,12,13). The molecule has 0 bridgehead atoms. The highest BCUT2D eigenvalue weighted by atomic mass is 16.6. The van der Waals surface area contributed by atoms with Crippen LogP contribution < -0.4 is 10.5 Å². The van der Waals surface area contributed by atoms with E-state index in [-0.39, 0.29) is 17.4 Å². The SMILES string of the molecule is Nc1ccc([N+](=O)[O-])c(OCCC2CCC2)n1. The van der Waals surface area contributed by atoms with E-state index in [0.717, 1.165) is 6.42 Å². The van der Waals surface area contributed by atoms with Crippen molar-refractivity contribution in [3.05, 3.63) is 22.2 Å². The van der Waals surface area contributed by atoms with Gasteiger partial charge in [-0.05, 0) is 18.4 Å². The van der Waals surface area contributed by atoms with Crippen molar-refractivity contribution >= 4 is 11.5 Å². The average Bonchev–Trinajstić information content (AvgIpc) is 2.21. The number of rotatable bonds is 5. The van der Waals surface area contributed by atoms with Gasteiger partial charge in [-0.2, -0.15) is 4.98 Å². The molecule has 0 radical (unpaired) electrons. The molecule has 0 aromatic carbocycles. The Bertz CT molecular complexity index is 418. The van der Waals surface area contributed by atoms with Gasteiger partial charge >= 0.3 is 5.69 Å². The number of pyridine rings is 1. The molecule has 6 nitrogen and oxygen atoms in total. The lowest BCUT2D eigenvalue weighted by atomic mass is 9.83. The number of aromatic nitrogens is 1. The first kappa shape index (κ1) is 11.6. The topological polar surface area (TPSA) is 91.3 Å². The van der Waals surface area contributed by atoms with E-state index in [1.54, 1.807) is 0 Å². The first-order valence-electron chi connectivity index (χ1n) is 5.70. The van der Waals surface area contributed by atoms with Gasteiger partial charge in [0.15, 0.2) is 0 Å². The summed E-state index contributed by atoms with van der Waals surface area (Å²) in [6.45, 7) is 0.460. The third-order valence-electron chi connectivity index (χ3n) is 3.05. The summed E-state index contributed by atoms with van der Waals surface area (Å²) in [5.74, 6) is 0.957. The van der Waals surface area contributed by atoms with Crippen molar-refractivity contribution < 1.29 is 9.66 Å². The number of hydrogen-bond donors (Lipinski definition) is 1. The zero-order chi connectivity index (χ0) is 12.3. The molecule has 1 aromatic heterocycles. The van der Waals surface area contributed by atoms with E-state index >= 15 is 0 Å². The van der Waals surface area contributed by atoms with E-state index in [4.69, 9.17) is 10.5 Å². The predicted octanol–water partition coefficient (Wildman–Crippen LogP) is 2.14. The number of nitrogens with two attached hydrogens (primary N) is 1. The summed E-state index contributed by atoms with van der Waals surface area (Å²) in [7, 11) is 0. The lowest BCUT2D eigenvalue weighted by Gasteiger charge is -2.24. The zero-order valence-corrected chi connectivity index (χ0v) is 9.46. The maximum Gasteiger partial charge on any atom is 0.331 e. The van der Waals surface area contributed by atoms with Crippen LogP contribution in [0.25, 0.3) is 0 Å². The number of nitrogen functional groups attached to an aromatic ring is 1. The summed E-state index contributed by atoms with van der Waals surface area (Å²) in [5.41, 5.74) is 5.35. The van der Waals surface area contributed by atoms with Crippen LogP contribution in [0.5, 0.6) is 5.88 Å². The Balaban J connectivity index is 1.97. The Morgan fingerprint density at radius 3 is 2.88 bits per heavy atom. The van der Waals surface area contributed by atoms with Crippen molar-refractivity contribution in [1.29, 1.82) is 0 Å². The van der Waals surface area contributed by atoms with Crippen LogP contribution in [0.1, 0.15) is 25.7 Å². The quantitative estimate of drug-likeness (QED) is 0.625. The van der Waals surface area contributed by atoms with Gasteiger partial charge in [0, 0.05) is 6.07 Å². The van der Waals surface area contributed by atoms with Crippen molar-refractivity contribution in [2.24, 2.45) is 5.92 Å². The maximum absolute atomic E-state index is 10.7. The Morgan fingerprint density at radius 2 is 2.29 bits per heavy atom. The third kappa shape index (κ3) is 2.83. The van der Waals surface area contributed by atoms with E-state index in [1.807, 2.05) is 0 Å². The maximum atomic E-state index is 10.7. The van der Waals surface area contributed by atoms with Gasteiger partial charge in [-0.1, -0.05) is 19.3 Å². The van der Waals surface area contributed by atoms with Gasteiger partial charge in [-0.25, -0.2) is 0 Å². The van der Waals surface area contributed by atoms with E-state index < -0.39 is 4.92 Å². The first-order chi connectivity index (χ1) is 8.16. The van der Waals surface area contributed by atoms with Crippen LogP contribution in [0.4, 0.5) is 11.5 Å². The van der Waals surface area contributed by atoms with E-state index in [1.165, 1.54) is 31.4 Å². The number of ether oxygens (including phenoxy) is 1. The monoisotopic (exact) mass is 237 g/mol. The Hall–Kier alpha value is -1.85. The van der Waals surface area contributed by atoms with E-state index in [2.05, 4.69) is 4.98 Å². The van der Waals surface area contributed by atoms with E-state index in [0.29, 0.717) is 12.5 Å². The van der Waals surface area contributed by atoms with Gasteiger partial charge in [-0.3, -0.25) is 10.1 Å². The Labute approximate surface area is 98.9 Å². The van der Waals surface area contributed by atoms with Gasteiger partial charge in [0.05, 0.1) is 11.5 Å². The van der Waals surface area contributed by atoms with Crippen molar-refractivity contribution in [3.63, 3.8) is 0 Å². The Morgan fingerprint density at radius 1 is 1.53 bits per heavy atom. The fourth-order valence-electron chi connectivity index (χ4n) is 1.80. The number of hydrogen-bond acceptors (Lipinski definition) is 5. The van der Waals surface area contributed by atoms with Crippen LogP contribution in [-0.2, 0) is 0 Å². The second-order valence-electron chi connectivity index (χ2n) is 4.25. The van der Waals surface area contributed by atoms with Gasteiger partial charge in [0.25, 0.3) is 5.88 Å². The van der Waals surface area contributed by atoms with Crippen LogP contribution in [-0.4, -0.2) is 16.5 Å². The molecule has 0 amide bonds. The number of nitrogens with zero attached hydrogens (tertiary/aromatic N) is 2. The predicted molar refractivity (Wildman–Crippen MR) is 62.8 cm³/mol. The van der Waals surface area contributed by atoms with Gasteiger partial charge in [0.1, 0.15) is 5.82 Å². The molecule has 0 unspecified atom stereocenters. The highest BCUT2D eigenvalue weighted by molar-refractivity contribution is 5.46. The molecule has 1 aliphatic rings. The molecule has 0 aliphatic heterocycles. The summed E-state index contributed by atoms with van der Waals surface area (Å²) in [6, 6.07) is 2.72. The third-order valence-corrected chi connectivity index (χ3v) is 3.05. The number of nitro groups is 1. The first-order valence-corrected chi connectivity index (χ1v) is 5.70. The normalized spacial score (nSPS) is 15.3. The van der Waals surface area contributed by atoms with Crippen LogP contribution in [0.2, 0.25) is 0 Å². The van der Waals surface area contributed by atoms with Crippen LogP contribution >= 0.6 is 0 Å². The summed E-state index contributed by atoms with van der Waals surface area (Å²) < 4.78 is 5.35. The molecule has 2 rings (SSSR count). The van der Waals surface area contributed by atoms with Crippen molar-refractivity contribution in [3.8, 4) is 5.88 Å². The molecule has 17 heavy (non-hydrogen) atoms. The summed E-state index contributed by atoms with van der Waals surface area (Å²) in [5, 5.41) is 10.7. The summed E-state index contributed by atoms with van der Waals surface area (Å²) in [6.07, 6.45) is 4.67. The van der Waals surface area contributed by atoms with Crippen molar-refractivity contribution in [2.75, 3.05) is 12.3 Å². The number of anilines is 1. The Kier molecular flexibility index (Phi) is 3.41. The van der Waals surface area contributed by atoms with Gasteiger partial charge in [0.2, 0.25) is 0 Å². The lowest BCUT2D eigenvalue weighted by molar-refractivity contribution is -0.386. The fourth-order valence-corrected chi connectivity index (χ4v) is 1.80. The molecule has 1 aliphatic carbocycles. The second kappa shape index (κ2) is 4.99. The molecule has 1 saturated carbocycles. The smallest absolute Gasteiger partial charge is 0.331 e. The average molecular weight is 237 g/mol. The van der Waals surface area contributed by atoms with E-state index in [9.17, 15) is 10.1 Å². The van der Waals surface area contributed by atoms with Gasteiger partial charge < -0.3 is 10.5 Å². The lowest BCUT2D eigenvalue weighted by Crippen LogP contribution is -2.15. The minimum atomic E-state index is -0.509. The van der Waals surface area contributed by atoms with Crippen molar-refractivity contribution in [1.82, 2.24) is 4.98 Å². The molecular weight excluding hydrogens is 222 g/mol. The largest absolute Gasteiger partial charge is 0.473 e. The molecule has 1 fully saturated rings. The molecule has 92 valence electrons. The molecule has 0 saturated heterocycles. The molecule has 6 heteroatoms. The van der Waals surface area contributed by atoms with Crippen LogP contribution in [0, 0.1) is 16.0 Å². The molecule has 2 N–H and O–H groups in total. The second-order valence-corrected chi connectivity index (χ2v) is 4.25. The zero-order valence-electron chi connectivity index (χ0n) is 9.46. The summed E-state index contributed by atoms with van der Waals surface area (Å²) in [4.78, 5) is 14.1. The molecule has 1 heterocycles. The summed E-state index contributed by atoms with van der Waals surface area (Å²) >= 11 is 0. The molecule has 1 aromatic rings. The molecule has 0 atom stereocenters. The highest BCUT2D eigenvalue weighted by Crippen LogP contribution is 2.30. The molecule has 0 spiro atoms. The minimum Gasteiger partial charge on any atom is -0.473 e. The van der Waals surface area contributed by atoms with Crippen LogP contribution in [0.3, 0.4) is 0 Å². The minimum absolute atomic E-state index is 0.0225. The fraction of sp³-hybridized carbons (Fsp3) is 0.545. The van der Waals surface area contributed by atoms with Crippen molar-refractivity contribution in [2.45, 2.75) is 25.7 Å².